The first kappa shape index (κ1) is 19.2. The molecule has 1 heterocycles. The van der Waals surface area contributed by atoms with Crippen LogP contribution in [0.5, 0.6) is 0 Å². The number of fused-ring (bicyclic) bond motifs is 3. The number of benzene rings is 2. The maximum absolute atomic E-state index is 10.8. The molecular weight excluding hydrogens is 301 g/mol. The van der Waals surface area contributed by atoms with Crippen molar-refractivity contribution in [3.05, 3.63) is 47.5 Å². The van der Waals surface area contributed by atoms with E-state index < -0.39 is 0 Å². The Kier molecular flexibility index (Phi) is 8.36. The molecule has 0 spiro atoms. The monoisotopic (exact) mass is 322 g/mol. The summed E-state index contributed by atoms with van der Waals surface area (Å²) in [5.41, 5.74) is 4.13. The summed E-state index contributed by atoms with van der Waals surface area (Å²) in [6.45, 7) is 8.07. The van der Waals surface area contributed by atoms with E-state index in [2.05, 4.69) is 30.1 Å². The molecule has 0 saturated carbocycles. The minimum absolute atomic E-state index is 0. The van der Waals surface area contributed by atoms with Gasteiger partial charge in [-0.25, -0.2) is 0 Å². The summed E-state index contributed by atoms with van der Waals surface area (Å²) in [6.07, 6.45) is 0.883. The largest absolute Gasteiger partial charge is 0.355 e. The molecule has 0 aliphatic heterocycles. The molecule has 0 atom stereocenters. The average molecular weight is 322 g/mol. The molecule has 0 bridgehead atoms. The van der Waals surface area contributed by atoms with E-state index in [0.29, 0.717) is 0 Å². The molecule has 2 aromatic carbocycles. The van der Waals surface area contributed by atoms with Crippen molar-refractivity contribution in [2.24, 2.45) is 0 Å². The predicted molar refractivity (Wildman–Crippen MR) is 86.5 cm³/mol. The van der Waals surface area contributed by atoms with Crippen molar-refractivity contribution in [2.75, 3.05) is 0 Å². The molecule has 0 unspecified atom stereocenters. The van der Waals surface area contributed by atoms with Crippen LogP contribution in [0.25, 0.3) is 21.8 Å². The summed E-state index contributed by atoms with van der Waals surface area (Å²) in [5, 5.41) is 2.29. The predicted octanol–water partition coefficient (Wildman–Crippen LogP) is 4.53. The fourth-order valence-corrected chi connectivity index (χ4v) is 2.10. The summed E-state index contributed by atoms with van der Waals surface area (Å²) >= 11 is 0. The number of nitrogens with one attached hydrogen (secondary N) is 1. The standard InChI is InChI=1S/C14H11NO.C2H6.CH2O.V.H2/c1-9-2-4-13-11(6-9)12-7-10(8-16)3-5-14(12)15-13;2*1-2;;/h2-8,15H,1H3;1-2H3;1H2;;1H. The van der Waals surface area contributed by atoms with E-state index in [1.165, 1.54) is 10.9 Å². The maximum atomic E-state index is 10.8. The Hall–Kier alpha value is -1.84. The zero-order valence-corrected chi connectivity index (χ0v) is 13.9. The third-order valence-corrected chi connectivity index (χ3v) is 2.91. The van der Waals surface area contributed by atoms with Crippen LogP contribution in [0.2, 0.25) is 0 Å². The molecule has 1 N–H and O–H groups in total. The Balaban J connectivity index is 0. The number of aryl methyl sites for hydroxylation is 1. The van der Waals surface area contributed by atoms with Crippen molar-refractivity contribution >= 4 is 34.9 Å². The molecule has 0 fully saturated rings. The van der Waals surface area contributed by atoms with Gasteiger partial charge in [-0.3, -0.25) is 4.79 Å². The quantitative estimate of drug-likeness (QED) is 0.669. The smallest absolute Gasteiger partial charge is 0.150 e. The van der Waals surface area contributed by atoms with E-state index in [9.17, 15) is 4.79 Å². The molecule has 21 heavy (non-hydrogen) atoms. The van der Waals surface area contributed by atoms with Crippen LogP contribution in [0.3, 0.4) is 0 Å². The van der Waals surface area contributed by atoms with Gasteiger partial charge in [0.25, 0.3) is 0 Å². The van der Waals surface area contributed by atoms with E-state index in [1.54, 1.807) is 0 Å². The molecule has 1 aromatic heterocycles. The van der Waals surface area contributed by atoms with Gasteiger partial charge in [0, 0.05) is 47.4 Å². The third kappa shape index (κ3) is 4.07. The number of rotatable bonds is 1. The number of hydrogen-bond acceptors (Lipinski definition) is 2. The van der Waals surface area contributed by atoms with E-state index in [-0.39, 0.29) is 20.0 Å². The second-order valence-electron chi connectivity index (χ2n) is 4.10. The van der Waals surface area contributed by atoms with E-state index >= 15 is 0 Å². The van der Waals surface area contributed by atoms with E-state index in [4.69, 9.17) is 4.79 Å². The summed E-state index contributed by atoms with van der Waals surface area (Å²) in [7, 11) is 0. The molecule has 4 heteroatoms. The van der Waals surface area contributed by atoms with E-state index in [1.807, 2.05) is 38.8 Å². The Morgan fingerprint density at radius 3 is 2.10 bits per heavy atom. The van der Waals surface area contributed by atoms with Crippen molar-refractivity contribution in [3.63, 3.8) is 0 Å². The number of aromatic nitrogens is 1. The fraction of sp³-hybridized carbons (Fsp3) is 0.176. The molecule has 0 saturated heterocycles. The van der Waals surface area contributed by atoms with Crippen LogP contribution in [-0.2, 0) is 23.4 Å². The topological polar surface area (TPSA) is 49.9 Å². The van der Waals surface area contributed by atoms with Crippen LogP contribution in [0.15, 0.2) is 36.4 Å². The molecule has 3 aromatic rings. The second-order valence-corrected chi connectivity index (χ2v) is 4.10. The van der Waals surface area contributed by atoms with Crippen molar-refractivity contribution in [2.45, 2.75) is 20.8 Å². The minimum atomic E-state index is 0. The fourth-order valence-electron chi connectivity index (χ4n) is 2.10. The first-order chi connectivity index (χ1) is 9.78. The summed E-state index contributed by atoms with van der Waals surface area (Å²) in [4.78, 5) is 22.1. The average Bonchev–Trinajstić information content (AvgIpc) is 2.88. The molecule has 0 amide bonds. The molecule has 111 valence electrons. The number of hydrogen-bond donors (Lipinski definition) is 1. The Morgan fingerprint density at radius 1 is 1.00 bits per heavy atom. The van der Waals surface area contributed by atoms with Gasteiger partial charge in [-0.15, -0.1) is 0 Å². The number of carbonyl (C=O) groups excluding carboxylic acids is 2. The Bertz CT molecular complexity index is 725. The van der Waals surface area contributed by atoms with Gasteiger partial charge in [-0.2, -0.15) is 0 Å². The zero-order valence-electron chi connectivity index (χ0n) is 12.5. The normalized spacial score (nSPS) is 8.90. The summed E-state index contributed by atoms with van der Waals surface area (Å²) < 4.78 is 0. The van der Waals surface area contributed by atoms with Crippen LogP contribution in [0, 0.1) is 6.92 Å². The van der Waals surface area contributed by atoms with Crippen molar-refractivity contribution in [3.8, 4) is 0 Å². The zero-order chi connectivity index (χ0) is 15.1. The third-order valence-electron chi connectivity index (χ3n) is 2.91. The Labute approximate surface area is 138 Å². The minimum Gasteiger partial charge on any atom is -0.355 e. The van der Waals surface area contributed by atoms with Gasteiger partial charge in [-0.05, 0) is 37.3 Å². The van der Waals surface area contributed by atoms with Crippen LogP contribution in [0.4, 0.5) is 0 Å². The Morgan fingerprint density at radius 2 is 1.52 bits per heavy atom. The van der Waals surface area contributed by atoms with Gasteiger partial charge in [0.2, 0.25) is 0 Å². The van der Waals surface area contributed by atoms with Gasteiger partial charge in [0.05, 0.1) is 0 Å². The van der Waals surface area contributed by atoms with Crippen molar-refractivity contribution in [1.82, 2.24) is 4.98 Å². The SMILES string of the molecule is C=O.CC.Cc1ccc2[nH]c3ccc(C=O)cc3c2c1.[HH].[V]. The van der Waals surface area contributed by atoms with Crippen LogP contribution in [0.1, 0.15) is 31.2 Å². The van der Waals surface area contributed by atoms with Gasteiger partial charge >= 0.3 is 0 Å². The molecule has 3 nitrogen and oxygen atoms in total. The number of aromatic amines is 1. The first-order valence-electron chi connectivity index (χ1n) is 6.54. The van der Waals surface area contributed by atoms with Crippen molar-refractivity contribution < 1.29 is 29.6 Å². The van der Waals surface area contributed by atoms with Crippen LogP contribution >= 0.6 is 0 Å². The van der Waals surface area contributed by atoms with Gasteiger partial charge < -0.3 is 9.78 Å². The summed E-state index contributed by atoms with van der Waals surface area (Å²) in [5.74, 6) is 0. The number of H-pyrrole nitrogens is 1. The van der Waals surface area contributed by atoms with Crippen LogP contribution in [-0.4, -0.2) is 18.1 Å². The number of carbonyl (C=O) groups is 2. The van der Waals surface area contributed by atoms with Gasteiger partial charge in [0.15, 0.2) is 0 Å². The van der Waals surface area contributed by atoms with E-state index in [0.717, 1.165) is 28.3 Å². The summed E-state index contributed by atoms with van der Waals surface area (Å²) in [6, 6.07) is 12.0. The molecule has 3 rings (SSSR count). The maximum Gasteiger partial charge on any atom is 0.150 e. The molecule has 0 aliphatic carbocycles. The molecule has 1 radical (unpaired) electrons. The van der Waals surface area contributed by atoms with Gasteiger partial charge in [0.1, 0.15) is 13.1 Å². The number of aldehydes is 1. The van der Waals surface area contributed by atoms with Gasteiger partial charge in [-0.1, -0.05) is 25.5 Å². The van der Waals surface area contributed by atoms with Crippen LogP contribution < -0.4 is 0 Å². The molecule has 0 aliphatic rings. The second kappa shape index (κ2) is 9.16. The molecular formula is C17H21NO2V. The van der Waals surface area contributed by atoms with Crippen molar-refractivity contribution in [1.29, 1.82) is 0 Å². The first-order valence-corrected chi connectivity index (χ1v) is 6.54.